The molecule has 1 fully saturated rings. The Balaban J connectivity index is 2.62. The zero-order valence-electron chi connectivity index (χ0n) is 10.4. The van der Waals surface area contributed by atoms with Gasteiger partial charge in [0, 0.05) is 25.0 Å². The molecule has 0 aromatic rings. The molecule has 1 aliphatic heterocycles. The van der Waals surface area contributed by atoms with Gasteiger partial charge in [0.15, 0.2) is 0 Å². The minimum Gasteiger partial charge on any atom is -0.303 e. The van der Waals surface area contributed by atoms with E-state index in [4.69, 9.17) is 0 Å². The molecular formula is C13H25NO. The number of nitrogens with zero attached hydrogens (tertiary/aromatic N) is 1. The van der Waals surface area contributed by atoms with Crippen molar-refractivity contribution in [1.82, 2.24) is 4.90 Å². The van der Waals surface area contributed by atoms with Crippen LogP contribution >= 0.6 is 0 Å². The van der Waals surface area contributed by atoms with Crippen LogP contribution in [-0.4, -0.2) is 29.8 Å². The van der Waals surface area contributed by atoms with Crippen molar-refractivity contribution in [2.45, 2.75) is 65.0 Å². The van der Waals surface area contributed by atoms with Crippen LogP contribution in [0.5, 0.6) is 0 Å². The zero-order chi connectivity index (χ0) is 11.3. The fourth-order valence-corrected chi connectivity index (χ4v) is 2.74. The second kappa shape index (κ2) is 6.26. The molecule has 0 radical (unpaired) electrons. The fourth-order valence-electron chi connectivity index (χ4n) is 2.74. The van der Waals surface area contributed by atoms with Crippen LogP contribution < -0.4 is 0 Å². The van der Waals surface area contributed by atoms with Gasteiger partial charge in [-0.25, -0.2) is 0 Å². The summed E-state index contributed by atoms with van der Waals surface area (Å²) in [7, 11) is 0. The second-order valence-electron chi connectivity index (χ2n) is 5.14. The van der Waals surface area contributed by atoms with E-state index in [-0.39, 0.29) is 0 Å². The van der Waals surface area contributed by atoms with Crippen molar-refractivity contribution < 1.29 is 4.79 Å². The van der Waals surface area contributed by atoms with E-state index in [1.165, 1.54) is 25.7 Å². The van der Waals surface area contributed by atoms with E-state index >= 15 is 0 Å². The molecule has 2 heteroatoms. The number of carbonyl (C=O) groups is 1. The van der Waals surface area contributed by atoms with Crippen LogP contribution in [-0.2, 0) is 4.79 Å². The van der Waals surface area contributed by atoms with E-state index in [9.17, 15) is 4.79 Å². The molecule has 2 unspecified atom stereocenters. The maximum Gasteiger partial charge on any atom is 0.121 e. The van der Waals surface area contributed by atoms with Gasteiger partial charge in [-0.05, 0) is 25.2 Å². The van der Waals surface area contributed by atoms with Gasteiger partial charge in [-0.1, -0.05) is 27.2 Å². The predicted molar refractivity (Wildman–Crippen MR) is 63.9 cm³/mol. The van der Waals surface area contributed by atoms with Crippen LogP contribution in [0, 0.1) is 5.92 Å². The van der Waals surface area contributed by atoms with Crippen molar-refractivity contribution in [3.63, 3.8) is 0 Å². The molecule has 0 saturated carbocycles. The molecule has 88 valence electrons. The molecule has 0 aromatic carbocycles. The Morgan fingerprint density at radius 3 is 2.53 bits per heavy atom. The van der Waals surface area contributed by atoms with Gasteiger partial charge < -0.3 is 4.79 Å². The third-order valence-electron chi connectivity index (χ3n) is 3.43. The third-order valence-corrected chi connectivity index (χ3v) is 3.43. The van der Waals surface area contributed by atoms with Crippen molar-refractivity contribution in [3.8, 4) is 0 Å². The summed E-state index contributed by atoms with van der Waals surface area (Å²) >= 11 is 0. The first-order valence-electron chi connectivity index (χ1n) is 6.38. The first kappa shape index (κ1) is 12.7. The topological polar surface area (TPSA) is 20.3 Å². The molecule has 1 heterocycles. The molecule has 1 aliphatic rings. The van der Waals surface area contributed by atoms with Gasteiger partial charge in [-0.15, -0.1) is 0 Å². The summed E-state index contributed by atoms with van der Waals surface area (Å²) < 4.78 is 0. The molecule has 0 aromatic heterocycles. The molecule has 0 N–H and O–H groups in total. The fraction of sp³-hybridized carbons (Fsp3) is 0.923. The molecule has 2 atom stereocenters. The number of piperidine rings is 1. The average molecular weight is 211 g/mol. The standard InChI is InChI=1S/C13H25NO/c1-4-12-6-5-7-13(8-9-15)14(12)10-11(2)3/h9,11-13H,4-8,10H2,1-3H3. The number of aldehydes is 1. The highest BCUT2D eigenvalue weighted by Crippen LogP contribution is 2.27. The number of carbonyl (C=O) groups excluding carboxylic acids is 1. The van der Waals surface area contributed by atoms with Crippen LogP contribution in [0.25, 0.3) is 0 Å². The van der Waals surface area contributed by atoms with Gasteiger partial charge >= 0.3 is 0 Å². The van der Waals surface area contributed by atoms with E-state index in [1.54, 1.807) is 0 Å². The van der Waals surface area contributed by atoms with Crippen LogP contribution in [0.2, 0.25) is 0 Å². The minimum absolute atomic E-state index is 0.517. The minimum atomic E-state index is 0.517. The smallest absolute Gasteiger partial charge is 0.121 e. The summed E-state index contributed by atoms with van der Waals surface area (Å²) in [4.78, 5) is 13.3. The highest BCUT2D eigenvalue weighted by atomic mass is 16.1. The first-order valence-corrected chi connectivity index (χ1v) is 6.38. The lowest BCUT2D eigenvalue weighted by Crippen LogP contribution is -2.48. The summed E-state index contributed by atoms with van der Waals surface area (Å²) in [5, 5.41) is 0. The number of hydrogen-bond donors (Lipinski definition) is 0. The van der Waals surface area contributed by atoms with Gasteiger partial charge in [-0.3, -0.25) is 4.90 Å². The van der Waals surface area contributed by atoms with Gasteiger partial charge in [0.05, 0.1) is 0 Å². The molecule has 0 aliphatic carbocycles. The lowest BCUT2D eigenvalue weighted by Gasteiger charge is -2.42. The Hall–Kier alpha value is -0.370. The molecule has 0 bridgehead atoms. The molecule has 0 spiro atoms. The number of hydrogen-bond acceptors (Lipinski definition) is 2. The van der Waals surface area contributed by atoms with E-state index in [0.29, 0.717) is 18.0 Å². The van der Waals surface area contributed by atoms with E-state index in [2.05, 4.69) is 25.7 Å². The monoisotopic (exact) mass is 211 g/mol. The van der Waals surface area contributed by atoms with Crippen molar-refractivity contribution in [1.29, 1.82) is 0 Å². The quantitative estimate of drug-likeness (QED) is 0.652. The highest BCUT2D eigenvalue weighted by molar-refractivity contribution is 5.50. The van der Waals surface area contributed by atoms with Crippen molar-refractivity contribution >= 4 is 6.29 Å². The summed E-state index contributed by atoms with van der Waals surface area (Å²) in [6, 6.07) is 1.23. The Morgan fingerprint density at radius 2 is 2.00 bits per heavy atom. The number of likely N-dealkylation sites (tertiary alicyclic amines) is 1. The van der Waals surface area contributed by atoms with E-state index in [0.717, 1.165) is 19.3 Å². The summed E-state index contributed by atoms with van der Waals surface area (Å²) in [5.41, 5.74) is 0. The Bertz CT molecular complexity index is 191. The van der Waals surface area contributed by atoms with Crippen molar-refractivity contribution in [2.24, 2.45) is 5.92 Å². The number of rotatable bonds is 5. The summed E-state index contributed by atoms with van der Waals surface area (Å²) in [6.07, 6.45) is 6.87. The summed E-state index contributed by atoms with van der Waals surface area (Å²) in [5.74, 6) is 0.700. The van der Waals surface area contributed by atoms with Gasteiger partial charge in [0.25, 0.3) is 0 Å². The van der Waals surface area contributed by atoms with Crippen LogP contribution in [0.1, 0.15) is 52.9 Å². The molecule has 1 saturated heterocycles. The molecule has 15 heavy (non-hydrogen) atoms. The van der Waals surface area contributed by atoms with Gasteiger partial charge in [0.2, 0.25) is 0 Å². The predicted octanol–water partition coefficient (Wildman–Crippen LogP) is 2.86. The highest BCUT2D eigenvalue weighted by Gasteiger charge is 2.29. The molecule has 2 nitrogen and oxygen atoms in total. The molecule has 1 rings (SSSR count). The SMILES string of the molecule is CCC1CCCC(CC=O)N1CC(C)C. The normalized spacial score (nSPS) is 28.3. The van der Waals surface area contributed by atoms with E-state index < -0.39 is 0 Å². The largest absolute Gasteiger partial charge is 0.303 e. The van der Waals surface area contributed by atoms with E-state index in [1.807, 2.05) is 0 Å². The van der Waals surface area contributed by atoms with Crippen LogP contribution in [0.4, 0.5) is 0 Å². The second-order valence-corrected chi connectivity index (χ2v) is 5.14. The Labute approximate surface area is 94.0 Å². The maximum absolute atomic E-state index is 10.7. The first-order chi connectivity index (χ1) is 7.19. The average Bonchev–Trinajstić information content (AvgIpc) is 2.20. The maximum atomic E-state index is 10.7. The third kappa shape index (κ3) is 3.60. The van der Waals surface area contributed by atoms with Gasteiger partial charge in [-0.2, -0.15) is 0 Å². The van der Waals surface area contributed by atoms with Crippen LogP contribution in [0.15, 0.2) is 0 Å². The van der Waals surface area contributed by atoms with Crippen LogP contribution in [0.3, 0.4) is 0 Å². The Morgan fingerprint density at radius 1 is 1.33 bits per heavy atom. The molecular weight excluding hydrogens is 186 g/mol. The lowest BCUT2D eigenvalue weighted by molar-refractivity contribution is -0.109. The lowest BCUT2D eigenvalue weighted by atomic mass is 9.91. The molecule has 0 amide bonds. The summed E-state index contributed by atoms with van der Waals surface area (Å²) in [6.45, 7) is 7.94. The van der Waals surface area contributed by atoms with Gasteiger partial charge in [0.1, 0.15) is 6.29 Å². The van der Waals surface area contributed by atoms with Crippen molar-refractivity contribution in [3.05, 3.63) is 0 Å². The van der Waals surface area contributed by atoms with Crippen molar-refractivity contribution in [2.75, 3.05) is 6.54 Å². The zero-order valence-corrected chi connectivity index (χ0v) is 10.4. The Kier molecular flexibility index (Phi) is 5.30.